The molecule has 0 bridgehead atoms. The molecule has 0 aliphatic heterocycles. The molecule has 22 heavy (non-hydrogen) atoms. The lowest BCUT2D eigenvalue weighted by Crippen LogP contribution is -2.37. The van der Waals surface area contributed by atoms with E-state index in [0.717, 1.165) is 12.0 Å². The highest BCUT2D eigenvalue weighted by atomic mass is 35.5. The summed E-state index contributed by atoms with van der Waals surface area (Å²) in [5, 5.41) is 0.653. The molecule has 0 saturated heterocycles. The van der Waals surface area contributed by atoms with Gasteiger partial charge in [0.05, 0.1) is 6.42 Å². The largest absolute Gasteiger partial charge is 0.341 e. The van der Waals surface area contributed by atoms with Crippen LogP contribution in [0.25, 0.3) is 0 Å². The van der Waals surface area contributed by atoms with Crippen molar-refractivity contribution in [2.45, 2.75) is 12.8 Å². The van der Waals surface area contributed by atoms with E-state index in [1.54, 1.807) is 0 Å². The topological polar surface area (TPSA) is 46.3 Å². The second-order valence-electron chi connectivity index (χ2n) is 5.21. The number of benzene rings is 2. The minimum Gasteiger partial charge on any atom is -0.341 e. The Labute approximate surface area is 136 Å². The molecular formula is C18H21ClN2O. The summed E-state index contributed by atoms with van der Waals surface area (Å²) < 4.78 is 0. The van der Waals surface area contributed by atoms with Crippen LogP contribution in [0.15, 0.2) is 54.6 Å². The minimum absolute atomic E-state index is 0.0867. The third kappa shape index (κ3) is 5.17. The van der Waals surface area contributed by atoms with E-state index in [0.29, 0.717) is 31.1 Å². The lowest BCUT2D eigenvalue weighted by molar-refractivity contribution is -0.130. The van der Waals surface area contributed by atoms with Gasteiger partial charge in [-0.25, -0.2) is 0 Å². The van der Waals surface area contributed by atoms with Crippen LogP contribution in [0.5, 0.6) is 0 Å². The van der Waals surface area contributed by atoms with Crippen LogP contribution in [-0.2, 0) is 17.6 Å². The molecule has 0 aliphatic carbocycles. The fourth-order valence-electron chi connectivity index (χ4n) is 2.36. The van der Waals surface area contributed by atoms with Gasteiger partial charge in [-0.15, -0.1) is 0 Å². The second kappa shape index (κ2) is 8.57. The van der Waals surface area contributed by atoms with Gasteiger partial charge in [0.25, 0.3) is 0 Å². The molecule has 0 atom stereocenters. The molecule has 0 aromatic heterocycles. The van der Waals surface area contributed by atoms with Gasteiger partial charge in [-0.2, -0.15) is 0 Å². The molecule has 0 spiro atoms. The van der Waals surface area contributed by atoms with Crippen LogP contribution in [0.4, 0.5) is 0 Å². The first-order valence-corrected chi connectivity index (χ1v) is 7.83. The Morgan fingerprint density at radius 1 is 1.00 bits per heavy atom. The van der Waals surface area contributed by atoms with Crippen molar-refractivity contribution in [3.05, 3.63) is 70.7 Å². The van der Waals surface area contributed by atoms with E-state index in [9.17, 15) is 4.79 Å². The Morgan fingerprint density at radius 2 is 1.73 bits per heavy atom. The normalized spacial score (nSPS) is 10.5. The van der Waals surface area contributed by atoms with Crippen molar-refractivity contribution in [2.24, 2.45) is 5.73 Å². The van der Waals surface area contributed by atoms with Gasteiger partial charge in [0.2, 0.25) is 5.91 Å². The molecule has 0 unspecified atom stereocenters. The molecular weight excluding hydrogens is 296 g/mol. The van der Waals surface area contributed by atoms with Crippen LogP contribution in [0, 0.1) is 0 Å². The molecule has 0 fully saturated rings. The van der Waals surface area contributed by atoms with E-state index in [-0.39, 0.29) is 5.91 Å². The van der Waals surface area contributed by atoms with Gasteiger partial charge in [0.1, 0.15) is 0 Å². The van der Waals surface area contributed by atoms with Crippen LogP contribution in [0.2, 0.25) is 5.02 Å². The van der Waals surface area contributed by atoms with Crippen LogP contribution >= 0.6 is 11.6 Å². The Balaban J connectivity index is 1.96. The number of amides is 1. The summed E-state index contributed by atoms with van der Waals surface area (Å²) in [5.41, 5.74) is 7.79. The molecule has 0 radical (unpaired) electrons. The maximum absolute atomic E-state index is 12.5. The summed E-state index contributed by atoms with van der Waals surface area (Å²) in [5.74, 6) is 0.0867. The fourth-order valence-corrected chi connectivity index (χ4v) is 2.57. The number of hydrogen-bond acceptors (Lipinski definition) is 2. The van der Waals surface area contributed by atoms with Gasteiger partial charge >= 0.3 is 0 Å². The second-order valence-corrected chi connectivity index (χ2v) is 5.65. The van der Waals surface area contributed by atoms with Crippen molar-refractivity contribution in [3.8, 4) is 0 Å². The van der Waals surface area contributed by atoms with Crippen molar-refractivity contribution >= 4 is 17.5 Å². The third-order valence-electron chi connectivity index (χ3n) is 3.51. The van der Waals surface area contributed by atoms with Crippen molar-refractivity contribution in [2.75, 3.05) is 19.6 Å². The standard InChI is InChI=1S/C18H21ClN2O/c19-17-8-4-7-16(13-17)14-18(22)21(12-10-20)11-9-15-5-2-1-3-6-15/h1-8,13H,9-12,14,20H2. The van der Waals surface area contributed by atoms with Gasteiger partial charge in [0, 0.05) is 24.7 Å². The molecule has 4 heteroatoms. The summed E-state index contributed by atoms with van der Waals surface area (Å²) in [4.78, 5) is 14.3. The monoisotopic (exact) mass is 316 g/mol. The molecule has 0 saturated carbocycles. The van der Waals surface area contributed by atoms with Crippen LogP contribution in [0.1, 0.15) is 11.1 Å². The van der Waals surface area contributed by atoms with E-state index in [4.69, 9.17) is 17.3 Å². The van der Waals surface area contributed by atoms with Gasteiger partial charge in [0.15, 0.2) is 0 Å². The fraction of sp³-hybridized carbons (Fsp3) is 0.278. The zero-order valence-corrected chi connectivity index (χ0v) is 13.3. The Bertz CT molecular complexity index is 601. The van der Waals surface area contributed by atoms with E-state index >= 15 is 0 Å². The summed E-state index contributed by atoms with van der Waals surface area (Å²) in [6, 6.07) is 17.6. The number of halogens is 1. The maximum atomic E-state index is 12.5. The molecule has 2 aromatic rings. The zero-order chi connectivity index (χ0) is 15.8. The number of nitrogens with zero attached hydrogens (tertiary/aromatic N) is 1. The Kier molecular flexibility index (Phi) is 6.44. The van der Waals surface area contributed by atoms with E-state index in [1.807, 2.05) is 47.4 Å². The highest BCUT2D eigenvalue weighted by molar-refractivity contribution is 6.30. The lowest BCUT2D eigenvalue weighted by Gasteiger charge is -2.22. The van der Waals surface area contributed by atoms with Crippen LogP contribution in [-0.4, -0.2) is 30.4 Å². The van der Waals surface area contributed by atoms with Gasteiger partial charge in [-0.05, 0) is 29.7 Å². The molecule has 1 amide bonds. The molecule has 0 heterocycles. The van der Waals surface area contributed by atoms with Crippen LogP contribution in [0.3, 0.4) is 0 Å². The van der Waals surface area contributed by atoms with Crippen molar-refractivity contribution in [3.63, 3.8) is 0 Å². The molecule has 0 aliphatic rings. The number of carbonyl (C=O) groups excluding carboxylic acids is 1. The highest BCUT2D eigenvalue weighted by Crippen LogP contribution is 2.12. The molecule has 2 N–H and O–H groups in total. The van der Waals surface area contributed by atoms with Gasteiger partial charge in [-0.1, -0.05) is 54.1 Å². The number of rotatable bonds is 7. The number of carbonyl (C=O) groups is 1. The molecule has 116 valence electrons. The average molecular weight is 317 g/mol. The maximum Gasteiger partial charge on any atom is 0.227 e. The average Bonchev–Trinajstić information content (AvgIpc) is 2.52. The summed E-state index contributed by atoms with van der Waals surface area (Å²) >= 11 is 5.97. The first kappa shape index (κ1) is 16.5. The molecule has 2 rings (SSSR count). The van der Waals surface area contributed by atoms with E-state index < -0.39 is 0 Å². The Hall–Kier alpha value is -1.84. The number of hydrogen-bond donors (Lipinski definition) is 1. The molecule has 2 aromatic carbocycles. The number of nitrogens with two attached hydrogens (primary N) is 1. The predicted octanol–water partition coefficient (Wildman–Crippen LogP) is 2.91. The SMILES string of the molecule is NCCN(CCc1ccccc1)C(=O)Cc1cccc(Cl)c1. The van der Waals surface area contributed by atoms with E-state index in [2.05, 4.69) is 12.1 Å². The summed E-state index contributed by atoms with van der Waals surface area (Å²) in [6.07, 6.45) is 1.19. The Morgan fingerprint density at radius 3 is 2.41 bits per heavy atom. The summed E-state index contributed by atoms with van der Waals surface area (Å²) in [6.45, 7) is 1.73. The van der Waals surface area contributed by atoms with Crippen LogP contribution < -0.4 is 5.73 Å². The smallest absolute Gasteiger partial charge is 0.227 e. The highest BCUT2D eigenvalue weighted by Gasteiger charge is 2.13. The first-order valence-electron chi connectivity index (χ1n) is 7.45. The zero-order valence-electron chi connectivity index (χ0n) is 12.5. The quantitative estimate of drug-likeness (QED) is 0.853. The third-order valence-corrected chi connectivity index (χ3v) is 3.74. The minimum atomic E-state index is 0.0867. The van der Waals surface area contributed by atoms with Gasteiger partial charge < -0.3 is 10.6 Å². The molecule has 3 nitrogen and oxygen atoms in total. The van der Waals surface area contributed by atoms with Gasteiger partial charge in [-0.3, -0.25) is 4.79 Å². The first-order chi connectivity index (χ1) is 10.7. The van der Waals surface area contributed by atoms with Crippen molar-refractivity contribution in [1.29, 1.82) is 0 Å². The van der Waals surface area contributed by atoms with E-state index in [1.165, 1.54) is 5.56 Å². The lowest BCUT2D eigenvalue weighted by atomic mass is 10.1. The van der Waals surface area contributed by atoms with Crippen molar-refractivity contribution in [1.82, 2.24) is 4.90 Å². The van der Waals surface area contributed by atoms with Crippen molar-refractivity contribution < 1.29 is 4.79 Å². The predicted molar refractivity (Wildman–Crippen MR) is 90.9 cm³/mol. The summed E-state index contributed by atoms with van der Waals surface area (Å²) in [7, 11) is 0.